The molecule has 0 aliphatic heterocycles. The summed E-state index contributed by atoms with van der Waals surface area (Å²) in [5.41, 5.74) is 3.00. The third-order valence-corrected chi connectivity index (χ3v) is 2.29. The van der Waals surface area contributed by atoms with Crippen LogP contribution < -0.4 is 0 Å². The summed E-state index contributed by atoms with van der Waals surface area (Å²) in [4.78, 5) is 8.50. The standard InChI is InChI=1S/C12H14N4/c1-9-7-13-12(14-8-9)6-5-11-4-3-10(2)15-16-11/h3-4,7-8H,5-6H2,1-2H3. The van der Waals surface area contributed by atoms with Crippen LogP contribution in [0.3, 0.4) is 0 Å². The first kappa shape index (κ1) is 10.7. The second-order valence-electron chi connectivity index (χ2n) is 3.84. The first-order valence-electron chi connectivity index (χ1n) is 5.31. The molecule has 0 aromatic carbocycles. The van der Waals surface area contributed by atoms with E-state index >= 15 is 0 Å². The van der Waals surface area contributed by atoms with Crippen LogP contribution in [0.25, 0.3) is 0 Å². The Hall–Kier alpha value is -1.84. The normalized spacial score (nSPS) is 10.4. The molecule has 0 bridgehead atoms. The van der Waals surface area contributed by atoms with Gasteiger partial charge in [-0.3, -0.25) is 0 Å². The molecule has 0 atom stereocenters. The Labute approximate surface area is 94.8 Å². The number of nitrogens with zero attached hydrogens (tertiary/aromatic N) is 4. The monoisotopic (exact) mass is 214 g/mol. The maximum atomic E-state index is 4.25. The van der Waals surface area contributed by atoms with Gasteiger partial charge in [0.15, 0.2) is 0 Å². The molecule has 0 saturated heterocycles. The molecule has 82 valence electrons. The predicted octanol–water partition coefficient (Wildman–Crippen LogP) is 1.67. The molecule has 2 aromatic rings. The van der Waals surface area contributed by atoms with Crippen LogP contribution in [-0.4, -0.2) is 20.2 Å². The highest BCUT2D eigenvalue weighted by atomic mass is 15.1. The van der Waals surface area contributed by atoms with Gasteiger partial charge in [0, 0.05) is 18.8 Å². The molecule has 0 N–H and O–H groups in total. The highest BCUT2D eigenvalue weighted by Crippen LogP contribution is 2.01. The maximum Gasteiger partial charge on any atom is 0.128 e. The lowest BCUT2D eigenvalue weighted by Gasteiger charge is -2.00. The Bertz CT molecular complexity index is 402. The zero-order valence-electron chi connectivity index (χ0n) is 9.51. The van der Waals surface area contributed by atoms with E-state index in [9.17, 15) is 0 Å². The van der Waals surface area contributed by atoms with Gasteiger partial charge in [-0.1, -0.05) is 0 Å². The quantitative estimate of drug-likeness (QED) is 0.779. The van der Waals surface area contributed by atoms with E-state index in [4.69, 9.17) is 0 Å². The van der Waals surface area contributed by atoms with Crippen molar-refractivity contribution in [3.05, 3.63) is 47.3 Å². The second-order valence-corrected chi connectivity index (χ2v) is 3.84. The van der Waals surface area contributed by atoms with Crippen molar-refractivity contribution in [2.75, 3.05) is 0 Å². The van der Waals surface area contributed by atoms with E-state index in [2.05, 4.69) is 20.2 Å². The number of hydrogen-bond donors (Lipinski definition) is 0. The first-order chi connectivity index (χ1) is 7.74. The second kappa shape index (κ2) is 4.79. The number of rotatable bonds is 3. The summed E-state index contributed by atoms with van der Waals surface area (Å²) in [5.74, 6) is 0.855. The molecule has 0 spiro atoms. The van der Waals surface area contributed by atoms with Gasteiger partial charge in [0.25, 0.3) is 0 Å². The summed E-state index contributed by atoms with van der Waals surface area (Å²) in [6.07, 6.45) is 5.31. The minimum absolute atomic E-state index is 0.804. The Morgan fingerprint density at radius 1 is 0.938 bits per heavy atom. The van der Waals surface area contributed by atoms with Crippen LogP contribution in [0.1, 0.15) is 22.8 Å². The molecule has 2 rings (SSSR count). The molecule has 0 unspecified atom stereocenters. The lowest BCUT2D eigenvalue weighted by atomic mass is 10.2. The zero-order valence-corrected chi connectivity index (χ0v) is 9.51. The van der Waals surface area contributed by atoms with E-state index in [1.54, 1.807) is 0 Å². The fourth-order valence-corrected chi connectivity index (χ4v) is 1.35. The fourth-order valence-electron chi connectivity index (χ4n) is 1.35. The molecule has 0 radical (unpaired) electrons. The van der Waals surface area contributed by atoms with Gasteiger partial charge in [0.1, 0.15) is 5.82 Å². The van der Waals surface area contributed by atoms with Gasteiger partial charge in [-0.05, 0) is 38.0 Å². The Kier molecular flexibility index (Phi) is 3.19. The van der Waals surface area contributed by atoms with Crippen molar-refractivity contribution >= 4 is 0 Å². The molecule has 0 aliphatic carbocycles. The molecule has 0 saturated carbocycles. The minimum atomic E-state index is 0.804. The van der Waals surface area contributed by atoms with Gasteiger partial charge < -0.3 is 0 Å². The predicted molar refractivity (Wildman–Crippen MR) is 60.9 cm³/mol. The minimum Gasteiger partial charge on any atom is -0.241 e. The van der Waals surface area contributed by atoms with E-state index in [1.807, 2.05) is 38.4 Å². The van der Waals surface area contributed by atoms with Gasteiger partial charge >= 0.3 is 0 Å². The molecular weight excluding hydrogens is 200 g/mol. The molecular formula is C12H14N4. The van der Waals surface area contributed by atoms with E-state index in [0.29, 0.717) is 0 Å². The van der Waals surface area contributed by atoms with Crippen LogP contribution >= 0.6 is 0 Å². The van der Waals surface area contributed by atoms with Crippen LogP contribution in [0.15, 0.2) is 24.5 Å². The van der Waals surface area contributed by atoms with Crippen LogP contribution in [0, 0.1) is 13.8 Å². The SMILES string of the molecule is Cc1cnc(CCc2ccc(C)nn2)nc1. The van der Waals surface area contributed by atoms with Crippen molar-refractivity contribution in [3.63, 3.8) is 0 Å². The van der Waals surface area contributed by atoms with Gasteiger partial charge in [0.2, 0.25) is 0 Å². The summed E-state index contributed by atoms with van der Waals surface area (Å²) in [6, 6.07) is 3.97. The summed E-state index contributed by atoms with van der Waals surface area (Å²) in [5, 5.41) is 8.12. The summed E-state index contributed by atoms with van der Waals surface area (Å²) >= 11 is 0. The van der Waals surface area contributed by atoms with Crippen molar-refractivity contribution < 1.29 is 0 Å². The molecule has 4 heteroatoms. The van der Waals surface area contributed by atoms with Crippen molar-refractivity contribution in [1.29, 1.82) is 0 Å². The van der Waals surface area contributed by atoms with Crippen LogP contribution in [0.2, 0.25) is 0 Å². The highest BCUT2D eigenvalue weighted by Gasteiger charge is 1.99. The van der Waals surface area contributed by atoms with Crippen molar-refractivity contribution in [3.8, 4) is 0 Å². The Balaban J connectivity index is 1.97. The van der Waals surface area contributed by atoms with Crippen molar-refractivity contribution in [2.24, 2.45) is 0 Å². The molecule has 16 heavy (non-hydrogen) atoms. The van der Waals surface area contributed by atoms with E-state index < -0.39 is 0 Å². The highest BCUT2D eigenvalue weighted by molar-refractivity contribution is 5.07. The van der Waals surface area contributed by atoms with E-state index in [0.717, 1.165) is 35.6 Å². The zero-order chi connectivity index (χ0) is 11.4. The summed E-state index contributed by atoms with van der Waals surface area (Å²) < 4.78 is 0. The maximum absolute atomic E-state index is 4.25. The largest absolute Gasteiger partial charge is 0.241 e. The van der Waals surface area contributed by atoms with Crippen molar-refractivity contribution in [2.45, 2.75) is 26.7 Å². The number of aryl methyl sites for hydroxylation is 4. The van der Waals surface area contributed by atoms with Crippen molar-refractivity contribution in [1.82, 2.24) is 20.2 Å². The average Bonchev–Trinajstić information content (AvgIpc) is 2.30. The average molecular weight is 214 g/mol. The summed E-state index contributed by atoms with van der Waals surface area (Å²) in [7, 11) is 0. The van der Waals surface area contributed by atoms with Gasteiger partial charge in [-0.25, -0.2) is 9.97 Å². The molecule has 4 nitrogen and oxygen atoms in total. The third-order valence-electron chi connectivity index (χ3n) is 2.29. The molecule has 2 aromatic heterocycles. The fraction of sp³-hybridized carbons (Fsp3) is 0.333. The van der Waals surface area contributed by atoms with Crippen LogP contribution in [-0.2, 0) is 12.8 Å². The Morgan fingerprint density at radius 3 is 2.31 bits per heavy atom. The summed E-state index contributed by atoms with van der Waals surface area (Å²) in [6.45, 7) is 3.91. The van der Waals surface area contributed by atoms with Crippen LogP contribution in [0.5, 0.6) is 0 Å². The van der Waals surface area contributed by atoms with Gasteiger partial charge in [-0.15, -0.1) is 0 Å². The molecule has 2 heterocycles. The molecule has 0 amide bonds. The van der Waals surface area contributed by atoms with E-state index in [-0.39, 0.29) is 0 Å². The van der Waals surface area contributed by atoms with Gasteiger partial charge in [-0.2, -0.15) is 10.2 Å². The topological polar surface area (TPSA) is 51.6 Å². The van der Waals surface area contributed by atoms with Gasteiger partial charge in [0.05, 0.1) is 11.4 Å². The molecule has 0 aliphatic rings. The van der Waals surface area contributed by atoms with E-state index in [1.165, 1.54) is 0 Å². The molecule has 0 fully saturated rings. The number of hydrogen-bond acceptors (Lipinski definition) is 4. The first-order valence-corrected chi connectivity index (χ1v) is 5.31. The number of aromatic nitrogens is 4. The third kappa shape index (κ3) is 2.82. The Morgan fingerprint density at radius 2 is 1.69 bits per heavy atom. The smallest absolute Gasteiger partial charge is 0.128 e. The van der Waals surface area contributed by atoms with Crippen LogP contribution in [0.4, 0.5) is 0 Å². The lowest BCUT2D eigenvalue weighted by Crippen LogP contribution is -2.00. The lowest BCUT2D eigenvalue weighted by molar-refractivity contribution is 0.801.